The maximum atomic E-state index is 3.80. The van der Waals surface area contributed by atoms with Crippen LogP contribution in [-0.4, -0.2) is 31.1 Å². The van der Waals surface area contributed by atoms with E-state index in [0.29, 0.717) is 11.5 Å². The van der Waals surface area contributed by atoms with E-state index in [-0.39, 0.29) is 0 Å². The Morgan fingerprint density at radius 3 is 2.60 bits per heavy atom. The van der Waals surface area contributed by atoms with Gasteiger partial charge in [-0.3, -0.25) is 0 Å². The van der Waals surface area contributed by atoms with E-state index in [1.54, 1.807) is 0 Å². The Balaban J connectivity index is 1.89. The lowest BCUT2D eigenvalue weighted by Crippen LogP contribution is -2.33. The molecule has 1 unspecified atom stereocenters. The smallest absolute Gasteiger partial charge is 0.0377 e. The minimum atomic E-state index is 0.332. The van der Waals surface area contributed by atoms with Crippen molar-refractivity contribution in [1.82, 2.24) is 10.2 Å². The van der Waals surface area contributed by atoms with Crippen molar-refractivity contribution in [2.75, 3.05) is 26.2 Å². The van der Waals surface area contributed by atoms with Gasteiger partial charge in [-0.25, -0.2) is 0 Å². The average molecular weight is 274 g/mol. The Labute approximate surface area is 124 Å². The van der Waals surface area contributed by atoms with Crippen LogP contribution in [-0.2, 0) is 6.42 Å². The molecule has 1 aromatic carbocycles. The van der Waals surface area contributed by atoms with Crippen molar-refractivity contribution < 1.29 is 0 Å². The van der Waals surface area contributed by atoms with Gasteiger partial charge in [-0.15, -0.1) is 0 Å². The average Bonchev–Trinajstić information content (AvgIpc) is 2.69. The van der Waals surface area contributed by atoms with Crippen molar-refractivity contribution in [3.63, 3.8) is 0 Å². The highest BCUT2D eigenvalue weighted by Gasteiger charge is 2.37. The van der Waals surface area contributed by atoms with E-state index < -0.39 is 0 Å². The molecule has 0 amide bonds. The van der Waals surface area contributed by atoms with Crippen LogP contribution >= 0.6 is 0 Å². The van der Waals surface area contributed by atoms with E-state index in [9.17, 15) is 0 Å². The molecule has 2 nitrogen and oxygen atoms in total. The normalized spacial score (nSPS) is 20.4. The highest BCUT2D eigenvalue weighted by molar-refractivity contribution is 5.37. The van der Waals surface area contributed by atoms with Gasteiger partial charge < -0.3 is 10.2 Å². The third-order valence-electron chi connectivity index (χ3n) is 4.69. The molecular weight excluding hydrogens is 244 g/mol. The van der Waals surface area contributed by atoms with Crippen molar-refractivity contribution in [1.29, 1.82) is 0 Å². The summed E-state index contributed by atoms with van der Waals surface area (Å²) >= 11 is 0. The monoisotopic (exact) mass is 274 g/mol. The first-order valence-corrected chi connectivity index (χ1v) is 8.12. The summed E-state index contributed by atoms with van der Waals surface area (Å²) in [6.45, 7) is 13.9. The molecule has 1 aliphatic rings. The first-order chi connectivity index (χ1) is 9.58. The molecule has 0 aliphatic heterocycles. The molecule has 112 valence electrons. The largest absolute Gasteiger partial charge is 0.309 e. The summed E-state index contributed by atoms with van der Waals surface area (Å²) in [5.74, 6) is 0. The third-order valence-corrected chi connectivity index (χ3v) is 4.69. The molecule has 0 bridgehead atoms. The summed E-state index contributed by atoms with van der Waals surface area (Å²) in [7, 11) is 0. The molecule has 1 aromatic rings. The lowest BCUT2D eigenvalue weighted by molar-refractivity contribution is 0.255. The van der Waals surface area contributed by atoms with Crippen molar-refractivity contribution >= 4 is 0 Å². The lowest BCUT2D eigenvalue weighted by Gasteiger charge is -2.29. The summed E-state index contributed by atoms with van der Waals surface area (Å²) in [6, 6.07) is 9.43. The fourth-order valence-electron chi connectivity index (χ4n) is 3.47. The summed E-state index contributed by atoms with van der Waals surface area (Å²) in [5.41, 5.74) is 3.37. The summed E-state index contributed by atoms with van der Waals surface area (Å²) in [6.07, 6.45) is 2.42. The standard InChI is InChI=1S/C18H30N2/c1-5-20(6-2)13-9-12-19-17-16-11-8-7-10-15(16)14-18(17,3)4/h7-8,10-11,17,19H,5-6,9,12-14H2,1-4H3. The van der Waals surface area contributed by atoms with Crippen LogP contribution in [0.15, 0.2) is 24.3 Å². The van der Waals surface area contributed by atoms with E-state index >= 15 is 0 Å². The van der Waals surface area contributed by atoms with Gasteiger partial charge in [0.05, 0.1) is 0 Å². The van der Waals surface area contributed by atoms with Gasteiger partial charge in [0, 0.05) is 6.04 Å². The molecule has 0 spiro atoms. The van der Waals surface area contributed by atoms with Crippen LogP contribution in [0, 0.1) is 5.41 Å². The van der Waals surface area contributed by atoms with Gasteiger partial charge in [0.15, 0.2) is 0 Å². The number of hydrogen-bond acceptors (Lipinski definition) is 2. The topological polar surface area (TPSA) is 15.3 Å². The van der Waals surface area contributed by atoms with Crippen molar-refractivity contribution in [2.45, 2.75) is 46.6 Å². The van der Waals surface area contributed by atoms with E-state index in [1.807, 2.05) is 0 Å². The molecule has 2 heteroatoms. The van der Waals surface area contributed by atoms with Crippen LogP contribution in [0.5, 0.6) is 0 Å². The Morgan fingerprint density at radius 2 is 1.90 bits per heavy atom. The second kappa shape index (κ2) is 6.73. The molecule has 0 heterocycles. The number of rotatable bonds is 7. The molecule has 20 heavy (non-hydrogen) atoms. The fourth-order valence-corrected chi connectivity index (χ4v) is 3.47. The number of fused-ring (bicyclic) bond motifs is 1. The second-order valence-corrected chi connectivity index (χ2v) is 6.63. The number of nitrogens with zero attached hydrogens (tertiary/aromatic N) is 1. The Morgan fingerprint density at radius 1 is 1.20 bits per heavy atom. The minimum absolute atomic E-state index is 0.332. The van der Waals surface area contributed by atoms with E-state index in [2.05, 4.69) is 62.2 Å². The molecule has 1 atom stereocenters. The fraction of sp³-hybridized carbons (Fsp3) is 0.667. The van der Waals surface area contributed by atoms with Gasteiger partial charge in [0.25, 0.3) is 0 Å². The molecule has 0 fully saturated rings. The van der Waals surface area contributed by atoms with E-state index in [1.165, 1.54) is 30.5 Å². The van der Waals surface area contributed by atoms with Gasteiger partial charge in [-0.1, -0.05) is 52.0 Å². The molecule has 0 aromatic heterocycles. The first kappa shape index (κ1) is 15.5. The Bertz CT molecular complexity index is 421. The second-order valence-electron chi connectivity index (χ2n) is 6.63. The molecule has 2 rings (SSSR count). The maximum Gasteiger partial charge on any atom is 0.0377 e. The quantitative estimate of drug-likeness (QED) is 0.764. The zero-order valence-corrected chi connectivity index (χ0v) is 13.6. The number of hydrogen-bond donors (Lipinski definition) is 1. The zero-order valence-electron chi connectivity index (χ0n) is 13.6. The molecular formula is C18H30N2. The number of nitrogens with one attached hydrogen (secondary N) is 1. The first-order valence-electron chi connectivity index (χ1n) is 8.12. The summed E-state index contributed by atoms with van der Waals surface area (Å²) < 4.78 is 0. The summed E-state index contributed by atoms with van der Waals surface area (Å²) in [4.78, 5) is 2.50. The van der Waals surface area contributed by atoms with Gasteiger partial charge >= 0.3 is 0 Å². The predicted octanol–water partition coefficient (Wildman–Crippen LogP) is 3.63. The minimum Gasteiger partial charge on any atom is -0.309 e. The lowest BCUT2D eigenvalue weighted by atomic mass is 9.85. The zero-order chi connectivity index (χ0) is 14.6. The van der Waals surface area contributed by atoms with Crippen LogP contribution in [0.1, 0.15) is 51.3 Å². The molecule has 0 saturated carbocycles. The molecule has 0 saturated heterocycles. The maximum absolute atomic E-state index is 3.80. The van der Waals surface area contributed by atoms with Crippen LogP contribution in [0.25, 0.3) is 0 Å². The highest BCUT2D eigenvalue weighted by Crippen LogP contribution is 2.44. The van der Waals surface area contributed by atoms with Crippen LogP contribution in [0.2, 0.25) is 0 Å². The van der Waals surface area contributed by atoms with Gasteiger partial charge in [0.2, 0.25) is 0 Å². The third kappa shape index (κ3) is 3.42. The van der Waals surface area contributed by atoms with Crippen LogP contribution in [0.4, 0.5) is 0 Å². The van der Waals surface area contributed by atoms with Gasteiger partial charge in [-0.05, 0) is 55.6 Å². The molecule has 1 aliphatic carbocycles. The van der Waals surface area contributed by atoms with Crippen molar-refractivity contribution in [2.24, 2.45) is 5.41 Å². The van der Waals surface area contributed by atoms with E-state index in [0.717, 1.165) is 19.6 Å². The van der Waals surface area contributed by atoms with E-state index in [4.69, 9.17) is 0 Å². The molecule has 1 N–H and O–H groups in total. The number of benzene rings is 1. The predicted molar refractivity (Wildman–Crippen MR) is 87.1 cm³/mol. The van der Waals surface area contributed by atoms with Crippen molar-refractivity contribution in [3.05, 3.63) is 35.4 Å². The highest BCUT2D eigenvalue weighted by atomic mass is 15.1. The molecule has 0 radical (unpaired) electrons. The SMILES string of the molecule is CCN(CC)CCCNC1c2ccccc2CC1(C)C. The van der Waals surface area contributed by atoms with Crippen LogP contribution < -0.4 is 5.32 Å². The van der Waals surface area contributed by atoms with Gasteiger partial charge in [-0.2, -0.15) is 0 Å². The summed E-state index contributed by atoms with van der Waals surface area (Å²) in [5, 5.41) is 3.80. The van der Waals surface area contributed by atoms with Crippen molar-refractivity contribution in [3.8, 4) is 0 Å². The van der Waals surface area contributed by atoms with Crippen LogP contribution in [0.3, 0.4) is 0 Å². The Kier molecular flexibility index (Phi) is 5.22. The van der Waals surface area contributed by atoms with Gasteiger partial charge in [0.1, 0.15) is 0 Å². The Hall–Kier alpha value is -0.860.